The minimum absolute atomic E-state index is 0.0408. The molecule has 0 aromatic heterocycles. The molecule has 1 atom stereocenters. The second kappa shape index (κ2) is 7.10. The fourth-order valence-corrected chi connectivity index (χ4v) is 3.16. The van der Waals surface area contributed by atoms with E-state index in [9.17, 15) is 4.79 Å². The maximum absolute atomic E-state index is 11.8. The second-order valence-electron chi connectivity index (χ2n) is 5.27. The van der Waals surface area contributed by atoms with Crippen molar-refractivity contribution in [2.24, 2.45) is 5.92 Å². The minimum atomic E-state index is -0.0408. The van der Waals surface area contributed by atoms with Gasteiger partial charge in [-0.15, -0.1) is 0 Å². The maximum Gasteiger partial charge on any atom is 0.307 e. The average Bonchev–Trinajstić information content (AvgIpc) is 2.91. The molecule has 18 heavy (non-hydrogen) atoms. The van der Waals surface area contributed by atoms with Crippen molar-refractivity contribution < 1.29 is 14.3 Å². The third-order valence-corrected chi connectivity index (χ3v) is 4.10. The minimum Gasteiger partial charge on any atom is -0.466 e. The molecule has 2 heterocycles. The topological polar surface area (TPSA) is 38.8 Å². The summed E-state index contributed by atoms with van der Waals surface area (Å²) in [6, 6.07) is 0.371. The normalized spacial score (nSPS) is 24.1. The van der Waals surface area contributed by atoms with Crippen molar-refractivity contribution in [3.8, 4) is 0 Å². The Balaban J connectivity index is 1.94. The smallest absolute Gasteiger partial charge is 0.307 e. The lowest BCUT2D eigenvalue weighted by Crippen LogP contribution is -2.42. The Morgan fingerprint density at radius 1 is 1.33 bits per heavy atom. The van der Waals surface area contributed by atoms with Crippen LogP contribution >= 0.6 is 0 Å². The zero-order valence-electron chi connectivity index (χ0n) is 11.4. The number of likely N-dealkylation sites (tertiary alicyclic amines) is 1. The van der Waals surface area contributed by atoms with E-state index in [-0.39, 0.29) is 5.97 Å². The first-order valence-corrected chi connectivity index (χ1v) is 7.28. The van der Waals surface area contributed by atoms with Crippen LogP contribution in [0.2, 0.25) is 0 Å². The lowest BCUT2D eigenvalue weighted by atomic mass is 9.88. The molecule has 0 amide bonds. The van der Waals surface area contributed by atoms with Crippen LogP contribution in [0.4, 0.5) is 0 Å². The Hall–Kier alpha value is -0.610. The molecule has 0 aromatic rings. The number of rotatable bonds is 5. The second-order valence-corrected chi connectivity index (χ2v) is 5.27. The van der Waals surface area contributed by atoms with Gasteiger partial charge in [-0.1, -0.05) is 0 Å². The van der Waals surface area contributed by atoms with Crippen molar-refractivity contribution in [1.82, 2.24) is 4.90 Å². The SMILES string of the molecule is CCOC(=O)CC(C1CCOCC1)N1CCCC1. The first-order valence-electron chi connectivity index (χ1n) is 7.28. The number of hydrogen-bond acceptors (Lipinski definition) is 4. The van der Waals surface area contributed by atoms with Crippen LogP contribution in [-0.4, -0.2) is 49.8 Å². The predicted octanol–water partition coefficient (Wildman–Crippen LogP) is 1.83. The zero-order chi connectivity index (χ0) is 12.8. The van der Waals surface area contributed by atoms with E-state index in [0.717, 1.165) is 39.1 Å². The summed E-state index contributed by atoms with van der Waals surface area (Å²) in [5.41, 5.74) is 0. The van der Waals surface area contributed by atoms with Gasteiger partial charge in [0.2, 0.25) is 0 Å². The molecule has 2 saturated heterocycles. The van der Waals surface area contributed by atoms with Gasteiger partial charge in [-0.3, -0.25) is 9.69 Å². The highest BCUT2D eigenvalue weighted by atomic mass is 16.5. The molecule has 4 nitrogen and oxygen atoms in total. The van der Waals surface area contributed by atoms with Gasteiger partial charge < -0.3 is 9.47 Å². The van der Waals surface area contributed by atoms with Gasteiger partial charge in [0.25, 0.3) is 0 Å². The molecule has 0 saturated carbocycles. The van der Waals surface area contributed by atoms with Gasteiger partial charge in [-0.05, 0) is 51.6 Å². The molecule has 0 bridgehead atoms. The van der Waals surface area contributed by atoms with Gasteiger partial charge in [0, 0.05) is 19.3 Å². The van der Waals surface area contributed by atoms with E-state index in [4.69, 9.17) is 9.47 Å². The van der Waals surface area contributed by atoms with Crippen molar-refractivity contribution in [2.45, 2.75) is 45.1 Å². The van der Waals surface area contributed by atoms with Crippen LogP contribution in [0.3, 0.4) is 0 Å². The van der Waals surface area contributed by atoms with Gasteiger partial charge in [-0.25, -0.2) is 0 Å². The summed E-state index contributed by atoms with van der Waals surface area (Å²) in [5, 5.41) is 0. The van der Waals surface area contributed by atoms with Crippen molar-refractivity contribution in [1.29, 1.82) is 0 Å². The Morgan fingerprint density at radius 3 is 2.61 bits per heavy atom. The first-order chi connectivity index (χ1) is 8.81. The fourth-order valence-electron chi connectivity index (χ4n) is 3.16. The molecule has 0 aliphatic carbocycles. The van der Waals surface area contributed by atoms with Crippen LogP contribution in [0.5, 0.6) is 0 Å². The predicted molar refractivity (Wildman–Crippen MR) is 69.4 cm³/mol. The molecule has 0 spiro atoms. The van der Waals surface area contributed by atoms with E-state index in [0.29, 0.717) is 25.0 Å². The summed E-state index contributed by atoms with van der Waals surface area (Å²) in [4.78, 5) is 14.3. The van der Waals surface area contributed by atoms with Crippen molar-refractivity contribution in [3.05, 3.63) is 0 Å². The van der Waals surface area contributed by atoms with E-state index in [1.165, 1.54) is 12.8 Å². The van der Waals surface area contributed by atoms with Crippen molar-refractivity contribution in [3.63, 3.8) is 0 Å². The zero-order valence-corrected chi connectivity index (χ0v) is 11.4. The van der Waals surface area contributed by atoms with Gasteiger partial charge in [0.05, 0.1) is 13.0 Å². The monoisotopic (exact) mass is 255 g/mol. The molecule has 2 aliphatic heterocycles. The molecule has 2 rings (SSSR count). The number of carbonyl (C=O) groups excluding carboxylic acids is 1. The lowest BCUT2D eigenvalue weighted by molar-refractivity contribution is -0.145. The van der Waals surface area contributed by atoms with E-state index >= 15 is 0 Å². The highest BCUT2D eigenvalue weighted by molar-refractivity contribution is 5.70. The Labute approximate surface area is 110 Å². The van der Waals surface area contributed by atoms with E-state index in [1.807, 2.05) is 6.92 Å². The van der Waals surface area contributed by atoms with Gasteiger partial charge in [-0.2, -0.15) is 0 Å². The summed E-state index contributed by atoms with van der Waals surface area (Å²) >= 11 is 0. The number of esters is 1. The highest BCUT2D eigenvalue weighted by Crippen LogP contribution is 2.28. The summed E-state index contributed by atoms with van der Waals surface area (Å²) < 4.78 is 10.6. The molecule has 2 aliphatic rings. The third kappa shape index (κ3) is 3.69. The Kier molecular flexibility index (Phi) is 5.45. The Bertz CT molecular complexity index is 258. The summed E-state index contributed by atoms with van der Waals surface area (Å²) in [7, 11) is 0. The standard InChI is InChI=1S/C14H25NO3/c1-2-18-14(16)11-13(15-7-3-4-8-15)12-5-9-17-10-6-12/h12-13H,2-11H2,1H3. The number of hydrogen-bond donors (Lipinski definition) is 0. The summed E-state index contributed by atoms with van der Waals surface area (Å²) in [5.74, 6) is 0.558. The van der Waals surface area contributed by atoms with Crippen LogP contribution < -0.4 is 0 Å². The van der Waals surface area contributed by atoms with Gasteiger partial charge in [0.15, 0.2) is 0 Å². The molecule has 2 fully saturated rings. The molecule has 4 heteroatoms. The van der Waals surface area contributed by atoms with Crippen LogP contribution in [-0.2, 0) is 14.3 Å². The number of ether oxygens (including phenoxy) is 2. The van der Waals surface area contributed by atoms with E-state index in [1.54, 1.807) is 0 Å². The first kappa shape index (κ1) is 13.8. The Morgan fingerprint density at radius 2 is 2.00 bits per heavy atom. The van der Waals surface area contributed by atoms with Crippen molar-refractivity contribution >= 4 is 5.97 Å². The van der Waals surface area contributed by atoms with Crippen LogP contribution in [0.25, 0.3) is 0 Å². The van der Waals surface area contributed by atoms with Gasteiger partial charge >= 0.3 is 5.97 Å². The van der Waals surface area contributed by atoms with E-state index < -0.39 is 0 Å². The van der Waals surface area contributed by atoms with Crippen LogP contribution in [0, 0.1) is 5.92 Å². The van der Waals surface area contributed by atoms with Crippen LogP contribution in [0.1, 0.15) is 39.0 Å². The molecule has 0 radical (unpaired) electrons. The van der Waals surface area contributed by atoms with Gasteiger partial charge in [0.1, 0.15) is 0 Å². The third-order valence-electron chi connectivity index (χ3n) is 4.10. The summed E-state index contributed by atoms with van der Waals surface area (Å²) in [6.07, 6.45) is 5.25. The fraction of sp³-hybridized carbons (Fsp3) is 0.929. The highest BCUT2D eigenvalue weighted by Gasteiger charge is 2.32. The molecule has 0 N–H and O–H groups in total. The number of nitrogens with zero attached hydrogens (tertiary/aromatic N) is 1. The molecule has 0 aromatic carbocycles. The number of carbonyl (C=O) groups is 1. The molecule has 104 valence electrons. The molecular formula is C14H25NO3. The quantitative estimate of drug-likeness (QED) is 0.703. The largest absolute Gasteiger partial charge is 0.466 e. The average molecular weight is 255 g/mol. The van der Waals surface area contributed by atoms with E-state index in [2.05, 4.69) is 4.90 Å². The van der Waals surface area contributed by atoms with Crippen LogP contribution in [0.15, 0.2) is 0 Å². The van der Waals surface area contributed by atoms with Crippen molar-refractivity contribution in [2.75, 3.05) is 32.9 Å². The molecule has 1 unspecified atom stereocenters. The molecular weight excluding hydrogens is 230 g/mol. The lowest BCUT2D eigenvalue weighted by Gasteiger charge is -2.36. The summed E-state index contributed by atoms with van der Waals surface area (Å²) in [6.45, 7) is 6.33. The maximum atomic E-state index is 11.8.